The molecular formula is C19H31N. The molecular weight excluding hydrogens is 242 g/mol. The van der Waals surface area contributed by atoms with Crippen LogP contribution in [0.15, 0.2) is 18.2 Å². The summed E-state index contributed by atoms with van der Waals surface area (Å²) in [5.74, 6) is 0.897. The molecule has 112 valence electrons. The first kappa shape index (κ1) is 15.6. The molecule has 0 unspecified atom stereocenters. The first-order valence-electron chi connectivity index (χ1n) is 8.24. The maximum absolute atomic E-state index is 3.70. The van der Waals surface area contributed by atoms with Gasteiger partial charge in [-0.05, 0) is 62.1 Å². The van der Waals surface area contributed by atoms with Gasteiger partial charge < -0.3 is 5.32 Å². The fraction of sp³-hybridized carbons (Fsp3) is 0.684. The predicted octanol–water partition coefficient (Wildman–Crippen LogP) is 4.75. The van der Waals surface area contributed by atoms with Gasteiger partial charge in [-0.15, -0.1) is 0 Å². The molecule has 0 amide bonds. The van der Waals surface area contributed by atoms with Gasteiger partial charge in [0, 0.05) is 18.0 Å². The third-order valence-corrected chi connectivity index (χ3v) is 5.20. The molecule has 0 radical (unpaired) electrons. The molecule has 1 heteroatoms. The molecule has 0 bridgehead atoms. The highest BCUT2D eigenvalue weighted by Crippen LogP contribution is 2.41. The third kappa shape index (κ3) is 3.44. The summed E-state index contributed by atoms with van der Waals surface area (Å²) in [6, 6.07) is 7.69. The summed E-state index contributed by atoms with van der Waals surface area (Å²) < 4.78 is 0. The van der Waals surface area contributed by atoms with E-state index in [1.807, 2.05) is 0 Å². The summed E-state index contributed by atoms with van der Waals surface area (Å²) in [5.41, 5.74) is 4.76. The van der Waals surface area contributed by atoms with Crippen molar-refractivity contribution in [3.8, 4) is 0 Å². The zero-order valence-electron chi connectivity index (χ0n) is 13.9. The fourth-order valence-corrected chi connectivity index (χ4v) is 3.35. The van der Waals surface area contributed by atoms with Crippen LogP contribution in [0.3, 0.4) is 0 Å². The quantitative estimate of drug-likeness (QED) is 0.835. The minimum atomic E-state index is 0.356. The highest BCUT2D eigenvalue weighted by Gasteiger charge is 2.35. The second-order valence-electron chi connectivity index (χ2n) is 7.30. The monoisotopic (exact) mass is 273 g/mol. The van der Waals surface area contributed by atoms with E-state index in [2.05, 4.69) is 58.1 Å². The van der Waals surface area contributed by atoms with Crippen LogP contribution in [0.4, 0.5) is 0 Å². The second-order valence-corrected chi connectivity index (χ2v) is 7.30. The Morgan fingerprint density at radius 1 is 1.15 bits per heavy atom. The maximum Gasteiger partial charge on any atom is 0.00781 e. The van der Waals surface area contributed by atoms with Crippen molar-refractivity contribution in [1.29, 1.82) is 0 Å². The third-order valence-electron chi connectivity index (χ3n) is 5.20. The van der Waals surface area contributed by atoms with Gasteiger partial charge in [-0.25, -0.2) is 0 Å². The van der Waals surface area contributed by atoms with Gasteiger partial charge in [0.15, 0.2) is 0 Å². The van der Waals surface area contributed by atoms with Crippen molar-refractivity contribution in [3.63, 3.8) is 0 Å². The van der Waals surface area contributed by atoms with Crippen LogP contribution >= 0.6 is 0 Å². The molecule has 1 saturated carbocycles. The van der Waals surface area contributed by atoms with E-state index >= 15 is 0 Å². The highest BCUT2D eigenvalue weighted by atomic mass is 14.9. The van der Waals surface area contributed by atoms with Crippen molar-refractivity contribution in [1.82, 2.24) is 5.32 Å². The van der Waals surface area contributed by atoms with Crippen LogP contribution in [0, 0.1) is 19.8 Å². The van der Waals surface area contributed by atoms with Crippen LogP contribution in [0.2, 0.25) is 0 Å². The van der Waals surface area contributed by atoms with Crippen LogP contribution in [-0.4, -0.2) is 12.6 Å². The Morgan fingerprint density at radius 2 is 1.80 bits per heavy atom. The number of aryl methyl sites for hydroxylation is 2. The summed E-state index contributed by atoms with van der Waals surface area (Å²) in [5, 5.41) is 3.70. The van der Waals surface area contributed by atoms with Crippen molar-refractivity contribution in [2.45, 2.75) is 71.8 Å². The Morgan fingerprint density at radius 3 is 2.35 bits per heavy atom. The second kappa shape index (κ2) is 6.30. The Balaban J connectivity index is 2.27. The molecule has 0 saturated heterocycles. The molecule has 1 nitrogen and oxygen atoms in total. The highest BCUT2D eigenvalue weighted by molar-refractivity contribution is 5.35. The molecule has 1 aliphatic rings. The van der Waals surface area contributed by atoms with E-state index in [1.54, 1.807) is 5.56 Å². The van der Waals surface area contributed by atoms with Gasteiger partial charge in [0.25, 0.3) is 0 Å². The Bertz CT molecular complexity index is 439. The first-order valence-corrected chi connectivity index (χ1v) is 8.24. The molecule has 20 heavy (non-hydrogen) atoms. The smallest absolute Gasteiger partial charge is 0.00781 e. The van der Waals surface area contributed by atoms with Crippen molar-refractivity contribution in [3.05, 3.63) is 34.9 Å². The Labute approximate surface area is 125 Å². The molecule has 1 aromatic carbocycles. The van der Waals surface area contributed by atoms with Gasteiger partial charge in [-0.1, -0.05) is 39.0 Å². The Kier molecular flexibility index (Phi) is 4.90. The van der Waals surface area contributed by atoms with Crippen LogP contribution < -0.4 is 5.32 Å². The predicted molar refractivity (Wildman–Crippen MR) is 88.4 cm³/mol. The molecule has 0 aliphatic heterocycles. The number of hydrogen-bond donors (Lipinski definition) is 1. The summed E-state index contributed by atoms with van der Waals surface area (Å²) in [6.45, 7) is 12.5. The molecule has 1 aliphatic carbocycles. The first-order chi connectivity index (χ1) is 9.43. The topological polar surface area (TPSA) is 12.0 Å². The molecule has 0 spiro atoms. The maximum atomic E-state index is 3.70. The van der Waals surface area contributed by atoms with Gasteiger partial charge in [0.1, 0.15) is 0 Å². The van der Waals surface area contributed by atoms with E-state index in [9.17, 15) is 0 Å². The van der Waals surface area contributed by atoms with E-state index in [0.29, 0.717) is 11.5 Å². The largest absolute Gasteiger partial charge is 0.314 e. The van der Waals surface area contributed by atoms with E-state index in [4.69, 9.17) is 0 Å². The minimum Gasteiger partial charge on any atom is -0.314 e. The van der Waals surface area contributed by atoms with E-state index in [1.165, 1.54) is 36.8 Å². The van der Waals surface area contributed by atoms with Crippen molar-refractivity contribution < 1.29 is 0 Å². The number of nitrogens with one attached hydrogen (secondary N) is 1. The van der Waals surface area contributed by atoms with Crippen molar-refractivity contribution in [2.24, 2.45) is 5.92 Å². The number of benzene rings is 1. The molecule has 0 atom stereocenters. The SMILES string of the molecule is Cc1ccc(C2(CNC(C)C)CCC(C)CC2)cc1C. The standard InChI is InChI=1S/C19H31N/c1-14(2)20-13-19(10-8-15(3)9-11-19)18-7-6-16(4)17(5)12-18/h6-7,12,14-15,20H,8-11,13H2,1-5H3. The van der Waals surface area contributed by atoms with Gasteiger partial charge in [-0.2, -0.15) is 0 Å². The van der Waals surface area contributed by atoms with Gasteiger partial charge in [0.2, 0.25) is 0 Å². The molecule has 1 N–H and O–H groups in total. The lowest BCUT2D eigenvalue weighted by Gasteiger charge is -2.41. The average Bonchev–Trinajstić information content (AvgIpc) is 2.42. The normalized spacial score (nSPS) is 27.0. The van der Waals surface area contributed by atoms with Gasteiger partial charge in [0.05, 0.1) is 0 Å². The minimum absolute atomic E-state index is 0.356. The zero-order chi connectivity index (χ0) is 14.8. The summed E-state index contributed by atoms with van der Waals surface area (Å²) in [4.78, 5) is 0. The molecule has 1 fully saturated rings. The average molecular weight is 273 g/mol. The molecule has 2 rings (SSSR count). The van der Waals surface area contributed by atoms with Gasteiger partial charge >= 0.3 is 0 Å². The fourth-order valence-electron chi connectivity index (χ4n) is 3.35. The lowest BCUT2D eigenvalue weighted by molar-refractivity contribution is 0.229. The van der Waals surface area contributed by atoms with Crippen LogP contribution in [0.5, 0.6) is 0 Å². The van der Waals surface area contributed by atoms with Gasteiger partial charge in [-0.3, -0.25) is 0 Å². The van der Waals surface area contributed by atoms with E-state index < -0.39 is 0 Å². The van der Waals surface area contributed by atoms with Crippen LogP contribution in [0.25, 0.3) is 0 Å². The Hall–Kier alpha value is -0.820. The van der Waals surface area contributed by atoms with E-state index in [-0.39, 0.29) is 0 Å². The molecule has 0 aromatic heterocycles. The van der Waals surface area contributed by atoms with Crippen LogP contribution in [0.1, 0.15) is 63.1 Å². The zero-order valence-corrected chi connectivity index (χ0v) is 13.9. The summed E-state index contributed by atoms with van der Waals surface area (Å²) in [7, 11) is 0. The molecule has 0 heterocycles. The molecule has 1 aromatic rings. The van der Waals surface area contributed by atoms with Crippen LogP contribution in [-0.2, 0) is 5.41 Å². The summed E-state index contributed by atoms with van der Waals surface area (Å²) in [6.07, 6.45) is 5.40. The lowest BCUT2D eigenvalue weighted by atomic mass is 9.66. The van der Waals surface area contributed by atoms with E-state index in [0.717, 1.165) is 12.5 Å². The number of rotatable bonds is 4. The van der Waals surface area contributed by atoms with Crippen molar-refractivity contribution >= 4 is 0 Å². The lowest BCUT2D eigenvalue weighted by Crippen LogP contribution is -2.43. The summed E-state index contributed by atoms with van der Waals surface area (Å²) >= 11 is 0. The number of hydrogen-bond acceptors (Lipinski definition) is 1. The van der Waals surface area contributed by atoms with Crippen molar-refractivity contribution in [2.75, 3.05) is 6.54 Å².